The number of carbonyl (C=O) groups is 1. The van der Waals surface area contributed by atoms with E-state index in [1.807, 2.05) is 43.3 Å². The maximum Gasteiger partial charge on any atom is 0.343 e. The number of thiazole rings is 1. The number of ether oxygens (including phenoxy) is 2. The predicted octanol–water partition coefficient (Wildman–Crippen LogP) is 4.89. The summed E-state index contributed by atoms with van der Waals surface area (Å²) in [5.41, 5.74) is 2.02. The molecule has 0 radical (unpaired) electrons. The summed E-state index contributed by atoms with van der Waals surface area (Å²) in [7, 11) is 0. The van der Waals surface area contributed by atoms with Crippen molar-refractivity contribution in [2.75, 3.05) is 6.61 Å². The van der Waals surface area contributed by atoms with Crippen LogP contribution in [0.1, 0.15) is 31.0 Å². The van der Waals surface area contributed by atoms with Crippen LogP contribution in [-0.4, -0.2) is 17.1 Å². The first-order valence-corrected chi connectivity index (χ1v) is 12.9. The first kappa shape index (κ1) is 24.7. The molecule has 2 heterocycles. The van der Waals surface area contributed by atoms with Gasteiger partial charge in [-0.1, -0.05) is 71.5 Å². The lowest BCUT2D eigenvalue weighted by atomic mass is 9.96. The second kappa shape index (κ2) is 10.6. The third kappa shape index (κ3) is 5.01. The molecule has 1 unspecified atom stereocenters. The molecule has 37 heavy (non-hydrogen) atoms. The Morgan fingerprint density at radius 3 is 2.49 bits per heavy atom. The van der Waals surface area contributed by atoms with E-state index in [0.717, 1.165) is 5.56 Å². The van der Waals surface area contributed by atoms with Crippen molar-refractivity contribution in [1.82, 2.24) is 4.57 Å². The fourth-order valence-corrected chi connectivity index (χ4v) is 5.46. The van der Waals surface area contributed by atoms with Crippen molar-refractivity contribution < 1.29 is 14.3 Å². The van der Waals surface area contributed by atoms with Crippen LogP contribution in [0.15, 0.2) is 99.9 Å². The summed E-state index contributed by atoms with van der Waals surface area (Å²) in [6.07, 6.45) is 1.75. The van der Waals surface area contributed by atoms with E-state index in [1.165, 1.54) is 11.3 Å². The van der Waals surface area contributed by atoms with Crippen LogP contribution in [-0.2, 0) is 4.79 Å². The molecular weight excluding hydrogens is 508 g/mol. The molecule has 0 bridgehead atoms. The number of benzene rings is 3. The van der Waals surface area contributed by atoms with Gasteiger partial charge < -0.3 is 9.47 Å². The van der Waals surface area contributed by atoms with Crippen molar-refractivity contribution in [2.24, 2.45) is 4.99 Å². The summed E-state index contributed by atoms with van der Waals surface area (Å²) in [6, 6.07) is 22.9. The van der Waals surface area contributed by atoms with Crippen LogP contribution in [0.2, 0.25) is 5.02 Å². The molecule has 0 spiro atoms. The zero-order valence-corrected chi connectivity index (χ0v) is 21.8. The van der Waals surface area contributed by atoms with E-state index in [0.29, 0.717) is 49.3 Å². The van der Waals surface area contributed by atoms with E-state index in [1.54, 1.807) is 60.0 Å². The number of halogens is 1. The summed E-state index contributed by atoms with van der Waals surface area (Å²) < 4.78 is 13.4. The fourth-order valence-electron chi connectivity index (χ4n) is 4.24. The quantitative estimate of drug-likeness (QED) is 0.263. The van der Waals surface area contributed by atoms with Gasteiger partial charge in [0.1, 0.15) is 11.5 Å². The number of hydrogen-bond donors (Lipinski definition) is 0. The molecule has 0 fully saturated rings. The molecule has 186 valence electrons. The molecule has 8 heteroatoms. The topological polar surface area (TPSA) is 69.9 Å². The summed E-state index contributed by atoms with van der Waals surface area (Å²) in [6.45, 7) is 4.13. The largest absolute Gasteiger partial charge is 0.493 e. The molecule has 1 aliphatic rings. The minimum absolute atomic E-state index is 0.266. The van der Waals surface area contributed by atoms with Crippen LogP contribution >= 0.6 is 22.9 Å². The Morgan fingerprint density at radius 1 is 1.08 bits per heavy atom. The van der Waals surface area contributed by atoms with Gasteiger partial charge in [0, 0.05) is 10.6 Å². The van der Waals surface area contributed by atoms with Crippen LogP contribution in [0.3, 0.4) is 0 Å². The maximum atomic E-state index is 13.8. The van der Waals surface area contributed by atoms with Gasteiger partial charge in [0.15, 0.2) is 4.80 Å². The maximum absolute atomic E-state index is 13.8. The lowest BCUT2D eigenvalue weighted by Gasteiger charge is -2.24. The molecule has 0 aliphatic carbocycles. The number of carbonyl (C=O) groups excluding carboxylic acids is 1. The molecule has 5 rings (SSSR count). The number of hydrogen-bond acceptors (Lipinski definition) is 6. The molecule has 1 aliphatic heterocycles. The molecule has 0 saturated heterocycles. The van der Waals surface area contributed by atoms with E-state index in [-0.39, 0.29) is 5.56 Å². The molecule has 0 N–H and O–H groups in total. The zero-order valence-electron chi connectivity index (χ0n) is 20.2. The van der Waals surface area contributed by atoms with Gasteiger partial charge in [-0.3, -0.25) is 9.36 Å². The van der Waals surface area contributed by atoms with Crippen LogP contribution in [0.5, 0.6) is 11.5 Å². The summed E-state index contributed by atoms with van der Waals surface area (Å²) in [5.74, 6) is 0.492. The fraction of sp³-hybridized carbons (Fsp3) is 0.138. The summed E-state index contributed by atoms with van der Waals surface area (Å²) in [4.78, 5) is 32.4. The highest BCUT2D eigenvalue weighted by Gasteiger charge is 2.33. The van der Waals surface area contributed by atoms with Crippen LogP contribution in [0, 0.1) is 0 Å². The second-order valence-corrected chi connectivity index (χ2v) is 9.76. The highest BCUT2D eigenvalue weighted by Crippen LogP contribution is 2.31. The Kier molecular flexibility index (Phi) is 7.08. The zero-order chi connectivity index (χ0) is 25.9. The molecule has 4 aromatic rings. The number of aromatic nitrogens is 1. The lowest BCUT2D eigenvalue weighted by Crippen LogP contribution is -2.40. The normalized spacial score (nSPS) is 15.2. The molecular formula is C29H23ClN2O4S. The van der Waals surface area contributed by atoms with E-state index in [9.17, 15) is 9.59 Å². The first-order chi connectivity index (χ1) is 18.0. The van der Waals surface area contributed by atoms with Crippen LogP contribution < -0.4 is 24.4 Å². The summed E-state index contributed by atoms with van der Waals surface area (Å²) in [5, 5.41) is 0.534. The monoisotopic (exact) mass is 530 g/mol. The number of nitrogens with zero attached hydrogens (tertiary/aromatic N) is 2. The molecule has 1 aromatic heterocycles. The second-order valence-electron chi connectivity index (χ2n) is 8.31. The van der Waals surface area contributed by atoms with Crippen LogP contribution in [0.25, 0.3) is 6.08 Å². The molecule has 6 nitrogen and oxygen atoms in total. The molecule has 3 aromatic carbocycles. The van der Waals surface area contributed by atoms with Gasteiger partial charge in [0.2, 0.25) is 0 Å². The molecule has 1 atom stereocenters. The van der Waals surface area contributed by atoms with Gasteiger partial charge >= 0.3 is 5.97 Å². The number of allylic oxidation sites excluding steroid dienone is 1. The third-order valence-corrected chi connectivity index (χ3v) is 7.09. The van der Waals surface area contributed by atoms with Crippen molar-refractivity contribution in [1.29, 1.82) is 0 Å². The average molecular weight is 531 g/mol. The number of rotatable bonds is 6. The Morgan fingerprint density at radius 2 is 1.78 bits per heavy atom. The third-order valence-electron chi connectivity index (χ3n) is 5.87. The Hall–Kier alpha value is -3.94. The standard InChI is InChI=1S/C29H23ClN2O4S/c1-3-35-23-15-14-21(30)16-20(23)17-24-27(33)32-26(19-10-6-4-7-11-19)25(18(2)31-29(32)37-24)28(34)36-22-12-8-5-9-13-22/h4-17,26H,3H2,1-2H3/b24-17+. The average Bonchev–Trinajstić information content (AvgIpc) is 3.20. The minimum atomic E-state index is -0.693. The van der Waals surface area contributed by atoms with E-state index < -0.39 is 12.0 Å². The SMILES string of the molecule is CCOc1ccc(Cl)cc1/C=c1/sc2n(c1=O)C(c1ccccc1)C(C(=O)Oc1ccccc1)=C(C)N=2. The van der Waals surface area contributed by atoms with Crippen molar-refractivity contribution in [3.05, 3.63) is 126 Å². The molecule has 0 amide bonds. The van der Waals surface area contributed by atoms with Crippen molar-refractivity contribution in [3.63, 3.8) is 0 Å². The van der Waals surface area contributed by atoms with E-state index >= 15 is 0 Å². The van der Waals surface area contributed by atoms with Gasteiger partial charge in [-0.15, -0.1) is 0 Å². The minimum Gasteiger partial charge on any atom is -0.493 e. The highest BCUT2D eigenvalue weighted by atomic mass is 35.5. The van der Waals surface area contributed by atoms with Gasteiger partial charge in [-0.25, -0.2) is 9.79 Å². The molecule has 0 saturated carbocycles. The first-order valence-electron chi connectivity index (χ1n) is 11.7. The van der Waals surface area contributed by atoms with Gasteiger partial charge in [-0.2, -0.15) is 0 Å². The number of para-hydroxylation sites is 1. The van der Waals surface area contributed by atoms with Crippen molar-refractivity contribution in [2.45, 2.75) is 19.9 Å². The Bertz CT molecular complexity index is 1670. The van der Waals surface area contributed by atoms with Crippen molar-refractivity contribution in [3.8, 4) is 11.5 Å². The van der Waals surface area contributed by atoms with Crippen molar-refractivity contribution >= 4 is 35.0 Å². The number of esters is 1. The van der Waals surface area contributed by atoms with Gasteiger partial charge in [-0.05, 0) is 55.8 Å². The Balaban J connectivity index is 1.67. The lowest BCUT2D eigenvalue weighted by molar-refractivity contribution is -0.130. The number of fused-ring (bicyclic) bond motifs is 1. The summed E-state index contributed by atoms with van der Waals surface area (Å²) >= 11 is 7.49. The highest BCUT2D eigenvalue weighted by molar-refractivity contribution is 7.07. The van der Waals surface area contributed by atoms with Gasteiger partial charge in [0.25, 0.3) is 5.56 Å². The Labute approximate surface area is 222 Å². The van der Waals surface area contributed by atoms with E-state index in [4.69, 9.17) is 21.1 Å². The predicted molar refractivity (Wildman–Crippen MR) is 145 cm³/mol. The smallest absolute Gasteiger partial charge is 0.343 e. The van der Waals surface area contributed by atoms with E-state index in [2.05, 4.69) is 4.99 Å². The van der Waals surface area contributed by atoms with Crippen LogP contribution in [0.4, 0.5) is 0 Å². The van der Waals surface area contributed by atoms with Gasteiger partial charge in [0.05, 0.1) is 28.5 Å².